The fourth-order valence-electron chi connectivity index (χ4n) is 4.37. The Hall–Kier alpha value is -0.820. The Kier molecular flexibility index (Phi) is 4.16. The van der Waals surface area contributed by atoms with Crippen molar-refractivity contribution in [1.29, 1.82) is 0 Å². The molecule has 2 fully saturated rings. The van der Waals surface area contributed by atoms with E-state index in [1.807, 2.05) is 0 Å². The van der Waals surface area contributed by atoms with Crippen molar-refractivity contribution in [1.82, 2.24) is 0 Å². The van der Waals surface area contributed by atoms with E-state index in [-0.39, 0.29) is 5.60 Å². The van der Waals surface area contributed by atoms with Crippen molar-refractivity contribution in [2.75, 3.05) is 0 Å². The molecule has 1 N–H and O–H groups in total. The van der Waals surface area contributed by atoms with E-state index in [9.17, 15) is 5.11 Å². The second-order valence-corrected chi connectivity index (χ2v) is 7.12. The monoisotopic (exact) mass is 272 g/mol. The van der Waals surface area contributed by atoms with Gasteiger partial charge in [0.05, 0.1) is 5.60 Å². The maximum absolute atomic E-state index is 10.9. The largest absolute Gasteiger partial charge is 0.390 e. The van der Waals surface area contributed by atoms with Crippen LogP contribution in [0.1, 0.15) is 74.8 Å². The smallest absolute Gasteiger partial charge is 0.0675 e. The molecule has 1 aromatic carbocycles. The Bertz CT molecular complexity index is 420. The lowest BCUT2D eigenvalue weighted by atomic mass is 9.67. The summed E-state index contributed by atoms with van der Waals surface area (Å²) in [5, 5.41) is 10.9. The molecule has 20 heavy (non-hydrogen) atoms. The lowest BCUT2D eigenvalue weighted by Gasteiger charge is -2.42. The highest BCUT2D eigenvalue weighted by atomic mass is 16.3. The van der Waals surface area contributed by atoms with Gasteiger partial charge in [0.1, 0.15) is 0 Å². The zero-order chi connectivity index (χ0) is 14.0. The number of rotatable bonds is 2. The molecule has 0 amide bonds. The average Bonchev–Trinajstić information content (AvgIpc) is 2.49. The third-order valence-electron chi connectivity index (χ3n) is 5.76. The summed E-state index contributed by atoms with van der Waals surface area (Å²) in [6.07, 6.45) is 10.8. The zero-order valence-electron chi connectivity index (χ0n) is 12.8. The summed E-state index contributed by atoms with van der Waals surface area (Å²) in [5.74, 6) is 1.28. The number of aryl methyl sites for hydroxylation is 1. The lowest BCUT2D eigenvalue weighted by Crippen LogP contribution is -2.41. The summed E-state index contributed by atoms with van der Waals surface area (Å²) in [4.78, 5) is 0. The molecule has 0 unspecified atom stereocenters. The summed E-state index contributed by atoms with van der Waals surface area (Å²) in [6.45, 7) is 2.15. The molecule has 0 bridgehead atoms. The van der Waals surface area contributed by atoms with Crippen LogP contribution in [-0.4, -0.2) is 10.7 Å². The van der Waals surface area contributed by atoms with Gasteiger partial charge < -0.3 is 5.11 Å². The molecule has 2 aliphatic rings. The minimum absolute atomic E-state index is 0.323. The van der Waals surface area contributed by atoms with E-state index < -0.39 is 0 Å². The quantitative estimate of drug-likeness (QED) is 0.806. The summed E-state index contributed by atoms with van der Waals surface area (Å²) in [7, 11) is 0. The van der Waals surface area contributed by atoms with E-state index in [1.54, 1.807) is 0 Å². The first-order valence-corrected chi connectivity index (χ1v) is 8.46. The van der Waals surface area contributed by atoms with Gasteiger partial charge in [-0.15, -0.1) is 0 Å². The van der Waals surface area contributed by atoms with Gasteiger partial charge >= 0.3 is 0 Å². The molecule has 0 spiro atoms. The molecule has 0 saturated heterocycles. The van der Waals surface area contributed by atoms with Crippen molar-refractivity contribution in [3.8, 4) is 0 Å². The molecule has 110 valence electrons. The Morgan fingerprint density at radius 3 is 2.10 bits per heavy atom. The van der Waals surface area contributed by atoms with Crippen LogP contribution < -0.4 is 0 Å². The Labute approximate surface area is 123 Å². The van der Waals surface area contributed by atoms with E-state index in [4.69, 9.17) is 0 Å². The number of benzene rings is 1. The molecule has 0 heterocycles. The second kappa shape index (κ2) is 5.89. The van der Waals surface area contributed by atoms with Crippen LogP contribution in [0.4, 0.5) is 0 Å². The Morgan fingerprint density at radius 1 is 0.900 bits per heavy atom. The Balaban J connectivity index is 1.60. The first-order valence-electron chi connectivity index (χ1n) is 8.46. The summed E-state index contributed by atoms with van der Waals surface area (Å²) >= 11 is 0. The van der Waals surface area contributed by atoms with Crippen LogP contribution in [0.15, 0.2) is 24.3 Å². The fraction of sp³-hybridized carbons (Fsp3) is 0.684. The van der Waals surface area contributed by atoms with Crippen LogP contribution in [0, 0.1) is 12.8 Å². The summed E-state index contributed by atoms with van der Waals surface area (Å²) in [6, 6.07) is 9.07. The van der Waals surface area contributed by atoms with Gasteiger partial charge in [-0.3, -0.25) is 0 Å². The van der Waals surface area contributed by atoms with E-state index in [2.05, 4.69) is 31.2 Å². The first-order chi connectivity index (χ1) is 9.67. The molecule has 0 atom stereocenters. The van der Waals surface area contributed by atoms with Crippen molar-refractivity contribution < 1.29 is 5.11 Å². The first kappa shape index (κ1) is 14.1. The highest BCUT2D eigenvalue weighted by Crippen LogP contribution is 2.45. The highest BCUT2D eigenvalue weighted by molar-refractivity contribution is 5.25. The van der Waals surface area contributed by atoms with Gasteiger partial charge in [0.15, 0.2) is 0 Å². The van der Waals surface area contributed by atoms with Crippen LogP contribution in [-0.2, 0) is 0 Å². The standard InChI is InChI=1S/C19H28O/c1-15-5-7-16(8-6-15)17-9-11-18(12-10-17)19(20)13-3-2-4-14-19/h5-8,17-18,20H,2-4,9-14H2,1H3. The van der Waals surface area contributed by atoms with Crippen LogP contribution in [0.5, 0.6) is 0 Å². The van der Waals surface area contributed by atoms with Gasteiger partial charge in [-0.1, -0.05) is 49.1 Å². The maximum Gasteiger partial charge on any atom is 0.0675 e. The molecule has 2 saturated carbocycles. The topological polar surface area (TPSA) is 20.2 Å². The van der Waals surface area contributed by atoms with E-state index >= 15 is 0 Å². The Morgan fingerprint density at radius 2 is 1.50 bits per heavy atom. The summed E-state index contributed by atoms with van der Waals surface area (Å²) < 4.78 is 0. The fourth-order valence-corrected chi connectivity index (χ4v) is 4.37. The van der Waals surface area contributed by atoms with Crippen LogP contribution in [0.25, 0.3) is 0 Å². The van der Waals surface area contributed by atoms with Gasteiger partial charge in [0, 0.05) is 0 Å². The third kappa shape index (κ3) is 2.93. The van der Waals surface area contributed by atoms with Gasteiger partial charge in [0.25, 0.3) is 0 Å². The second-order valence-electron chi connectivity index (χ2n) is 7.12. The molecule has 2 aliphatic carbocycles. The van der Waals surface area contributed by atoms with Crippen LogP contribution in [0.2, 0.25) is 0 Å². The minimum atomic E-state index is -0.323. The molecule has 1 heteroatoms. The summed E-state index contributed by atoms with van der Waals surface area (Å²) in [5.41, 5.74) is 2.53. The van der Waals surface area contributed by atoms with Crippen LogP contribution in [0.3, 0.4) is 0 Å². The maximum atomic E-state index is 10.9. The zero-order valence-corrected chi connectivity index (χ0v) is 12.8. The van der Waals surface area contributed by atoms with Gasteiger partial charge in [-0.25, -0.2) is 0 Å². The predicted molar refractivity (Wildman–Crippen MR) is 83.9 cm³/mol. The molecule has 0 radical (unpaired) electrons. The number of aliphatic hydroxyl groups is 1. The van der Waals surface area contributed by atoms with E-state index in [1.165, 1.54) is 56.1 Å². The van der Waals surface area contributed by atoms with Gasteiger partial charge in [-0.05, 0) is 62.8 Å². The predicted octanol–water partition coefficient (Wildman–Crippen LogP) is 4.96. The minimum Gasteiger partial charge on any atom is -0.390 e. The van der Waals surface area contributed by atoms with Crippen molar-refractivity contribution in [3.05, 3.63) is 35.4 Å². The third-order valence-corrected chi connectivity index (χ3v) is 5.76. The SMILES string of the molecule is Cc1ccc(C2CCC(C3(O)CCCCC3)CC2)cc1. The van der Waals surface area contributed by atoms with Crippen molar-refractivity contribution in [2.24, 2.45) is 5.92 Å². The number of hydrogen-bond donors (Lipinski definition) is 1. The van der Waals surface area contributed by atoms with Gasteiger partial charge in [0.2, 0.25) is 0 Å². The molecular formula is C19H28O. The lowest BCUT2D eigenvalue weighted by molar-refractivity contribution is -0.0626. The molecule has 0 aliphatic heterocycles. The molecule has 1 aromatic rings. The normalized spacial score (nSPS) is 30.1. The van der Waals surface area contributed by atoms with Crippen molar-refractivity contribution >= 4 is 0 Å². The van der Waals surface area contributed by atoms with Crippen LogP contribution >= 0.6 is 0 Å². The van der Waals surface area contributed by atoms with Gasteiger partial charge in [-0.2, -0.15) is 0 Å². The van der Waals surface area contributed by atoms with E-state index in [0.29, 0.717) is 5.92 Å². The molecular weight excluding hydrogens is 244 g/mol. The average molecular weight is 272 g/mol. The molecule has 1 nitrogen and oxygen atoms in total. The van der Waals surface area contributed by atoms with E-state index in [0.717, 1.165) is 18.8 Å². The van der Waals surface area contributed by atoms with Crippen molar-refractivity contribution in [2.45, 2.75) is 76.2 Å². The molecule has 3 rings (SSSR count). The highest BCUT2D eigenvalue weighted by Gasteiger charge is 2.39. The van der Waals surface area contributed by atoms with Crippen molar-refractivity contribution in [3.63, 3.8) is 0 Å². The molecule has 0 aromatic heterocycles. The number of hydrogen-bond acceptors (Lipinski definition) is 1.